The Bertz CT molecular complexity index is 1270. The molecule has 2 aromatic carbocycles. The summed E-state index contributed by atoms with van der Waals surface area (Å²) in [5.74, 6) is 2.48. The molecule has 1 fully saturated rings. The van der Waals surface area contributed by atoms with Crippen molar-refractivity contribution in [3.63, 3.8) is 0 Å². The highest BCUT2D eigenvalue weighted by molar-refractivity contribution is 7.97. The Kier molecular flexibility index (Phi) is 7.30. The zero-order chi connectivity index (χ0) is 23.3. The number of ether oxygens (including phenoxy) is 1. The normalized spacial score (nSPS) is 15.4. The van der Waals surface area contributed by atoms with E-state index in [-0.39, 0.29) is 6.10 Å². The van der Waals surface area contributed by atoms with Crippen molar-refractivity contribution in [3.05, 3.63) is 78.4 Å². The Balaban J connectivity index is 1.61. The van der Waals surface area contributed by atoms with Crippen LogP contribution < -0.4 is 4.74 Å². The molecule has 1 unspecified atom stereocenters. The molecule has 0 aliphatic heterocycles. The first-order valence-electron chi connectivity index (χ1n) is 11.8. The summed E-state index contributed by atoms with van der Waals surface area (Å²) in [6.07, 6.45) is 12.1. The van der Waals surface area contributed by atoms with Gasteiger partial charge in [-0.2, -0.15) is 0 Å². The third kappa shape index (κ3) is 5.05. The molecule has 1 saturated carbocycles. The second-order valence-electron chi connectivity index (χ2n) is 8.65. The molecule has 5 rings (SSSR count). The summed E-state index contributed by atoms with van der Waals surface area (Å²) in [5, 5.41) is 0. The summed E-state index contributed by atoms with van der Waals surface area (Å²) in [4.78, 5) is 10.5. The highest BCUT2D eigenvalue weighted by atomic mass is 32.2. The molecule has 176 valence electrons. The molecule has 2 heterocycles. The van der Waals surface area contributed by atoms with Crippen molar-refractivity contribution >= 4 is 33.6 Å². The molecule has 1 atom stereocenters. The van der Waals surface area contributed by atoms with Crippen molar-refractivity contribution in [2.24, 2.45) is 0 Å². The van der Waals surface area contributed by atoms with E-state index in [0.717, 1.165) is 46.9 Å². The number of imidazole rings is 1. The first-order valence-corrected chi connectivity index (χ1v) is 14.3. The van der Waals surface area contributed by atoms with Crippen LogP contribution in [0.2, 0.25) is 0 Å². The molecule has 34 heavy (non-hydrogen) atoms. The zero-order valence-electron chi connectivity index (χ0n) is 19.4. The van der Waals surface area contributed by atoms with Crippen molar-refractivity contribution in [3.8, 4) is 5.75 Å². The van der Waals surface area contributed by atoms with Gasteiger partial charge in [-0.15, -0.1) is 11.8 Å². The lowest BCUT2D eigenvalue weighted by atomic mass is 9.98. The number of aromatic nitrogens is 3. The lowest BCUT2D eigenvalue weighted by Crippen LogP contribution is -2.20. The van der Waals surface area contributed by atoms with Crippen molar-refractivity contribution in [1.29, 1.82) is 0 Å². The zero-order valence-corrected chi connectivity index (χ0v) is 21.0. The first-order chi connectivity index (χ1) is 16.7. The Hall–Kier alpha value is -2.64. The van der Waals surface area contributed by atoms with Gasteiger partial charge >= 0.3 is 0 Å². The summed E-state index contributed by atoms with van der Waals surface area (Å²) in [5.41, 5.74) is 3.11. The number of hydrogen-bond acceptors (Lipinski definition) is 5. The maximum absolute atomic E-state index is 13.7. The highest BCUT2D eigenvalue weighted by Gasteiger charge is 2.23. The van der Waals surface area contributed by atoms with Gasteiger partial charge < -0.3 is 9.30 Å². The van der Waals surface area contributed by atoms with Crippen molar-refractivity contribution in [2.75, 3.05) is 6.26 Å². The van der Waals surface area contributed by atoms with Crippen molar-refractivity contribution < 1.29 is 8.95 Å². The number of rotatable bonds is 8. The first kappa shape index (κ1) is 23.1. The standard InChI is InChI=1S/C27H29N3O2S2/c1-33-19-30-24-18-26(34(31)22-12-14-28-15-13-22)25(32-21-10-6-3-7-11-21)17-23(24)29-27(30)16-20-8-4-2-5-9-20/h2,4-5,8-9,12-15,17-18,21H,3,6-7,10-11,16,19H2,1H3. The monoisotopic (exact) mass is 491 g/mol. The van der Waals surface area contributed by atoms with Crippen LogP contribution in [0.3, 0.4) is 0 Å². The van der Waals surface area contributed by atoms with Crippen LogP contribution in [-0.2, 0) is 23.1 Å². The summed E-state index contributed by atoms with van der Waals surface area (Å²) in [6, 6.07) is 18.1. The van der Waals surface area contributed by atoms with Crippen molar-refractivity contribution in [2.45, 2.75) is 60.3 Å². The van der Waals surface area contributed by atoms with E-state index in [9.17, 15) is 4.21 Å². The molecule has 0 saturated heterocycles. The fraction of sp³-hybridized carbons (Fsp3) is 0.333. The van der Waals surface area contributed by atoms with Crippen LogP contribution in [0.15, 0.2) is 76.8 Å². The van der Waals surface area contributed by atoms with Gasteiger partial charge in [0, 0.05) is 29.8 Å². The second-order valence-corrected chi connectivity index (χ2v) is 10.9. The average Bonchev–Trinajstić information content (AvgIpc) is 3.21. The average molecular weight is 492 g/mol. The molecule has 0 bridgehead atoms. The maximum Gasteiger partial charge on any atom is 0.138 e. The largest absolute Gasteiger partial charge is 0.489 e. The molecule has 4 aromatic rings. The molecule has 1 aliphatic carbocycles. The smallest absolute Gasteiger partial charge is 0.138 e. The maximum atomic E-state index is 13.7. The van der Waals surface area contributed by atoms with Crippen molar-refractivity contribution in [1.82, 2.24) is 14.5 Å². The molecular weight excluding hydrogens is 462 g/mol. The molecular formula is C27H29N3O2S2. The SMILES string of the molecule is CSCn1c(Cc2ccccc2)nc2cc(OC3CCCCC3)c(S(=O)c3ccncc3)cc21. The van der Waals surface area contributed by atoms with E-state index in [0.29, 0.717) is 10.6 Å². The summed E-state index contributed by atoms with van der Waals surface area (Å²) in [6.45, 7) is 0. The molecule has 2 aromatic heterocycles. The van der Waals surface area contributed by atoms with E-state index in [1.54, 1.807) is 24.2 Å². The topological polar surface area (TPSA) is 57.0 Å². The molecule has 0 radical (unpaired) electrons. The lowest BCUT2D eigenvalue weighted by molar-refractivity contribution is 0.151. The van der Waals surface area contributed by atoms with Crippen LogP contribution in [-0.4, -0.2) is 31.1 Å². The summed E-state index contributed by atoms with van der Waals surface area (Å²) < 4.78 is 22.4. The van der Waals surface area contributed by atoms with E-state index in [4.69, 9.17) is 9.72 Å². The van der Waals surface area contributed by atoms with Crippen LogP contribution in [0.1, 0.15) is 43.5 Å². The van der Waals surface area contributed by atoms with E-state index < -0.39 is 10.8 Å². The molecule has 7 heteroatoms. The van der Waals surface area contributed by atoms with Crippen LogP contribution >= 0.6 is 11.8 Å². The Labute approximate surface area is 207 Å². The number of hydrogen-bond donors (Lipinski definition) is 0. The molecule has 0 spiro atoms. The van der Waals surface area contributed by atoms with E-state index in [2.05, 4.69) is 40.1 Å². The fourth-order valence-electron chi connectivity index (χ4n) is 4.56. The molecule has 5 nitrogen and oxygen atoms in total. The van der Waals surface area contributed by atoms with Crippen LogP contribution in [0.25, 0.3) is 11.0 Å². The van der Waals surface area contributed by atoms with Gasteiger partial charge in [0.05, 0.1) is 38.7 Å². The van der Waals surface area contributed by atoms with Crippen LogP contribution in [0.5, 0.6) is 5.75 Å². The predicted octanol–water partition coefficient (Wildman–Crippen LogP) is 6.22. The van der Waals surface area contributed by atoms with Crippen LogP contribution in [0.4, 0.5) is 0 Å². The van der Waals surface area contributed by atoms with Crippen LogP contribution in [0, 0.1) is 0 Å². The van der Waals surface area contributed by atoms with Gasteiger partial charge in [0.1, 0.15) is 11.6 Å². The number of fused-ring (bicyclic) bond motifs is 1. The third-order valence-corrected chi connectivity index (χ3v) is 8.20. The van der Waals surface area contributed by atoms with E-state index in [1.165, 1.54) is 24.8 Å². The lowest BCUT2D eigenvalue weighted by Gasteiger charge is -2.24. The Morgan fingerprint density at radius 3 is 2.56 bits per heavy atom. The van der Waals surface area contributed by atoms with E-state index in [1.807, 2.05) is 30.3 Å². The van der Waals surface area contributed by atoms with E-state index >= 15 is 0 Å². The van der Waals surface area contributed by atoms with Gasteiger partial charge in [-0.25, -0.2) is 9.19 Å². The van der Waals surface area contributed by atoms with Gasteiger partial charge in [0.15, 0.2) is 0 Å². The number of pyridine rings is 1. The van der Waals surface area contributed by atoms with Gasteiger partial charge in [0.25, 0.3) is 0 Å². The minimum Gasteiger partial charge on any atom is -0.489 e. The fourth-order valence-corrected chi connectivity index (χ4v) is 6.24. The quantitative estimate of drug-likeness (QED) is 0.293. The van der Waals surface area contributed by atoms with Gasteiger partial charge in [-0.1, -0.05) is 36.8 Å². The molecule has 0 N–H and O–H groups in total. The summed E-state index contributed by atoms with van der Waals surface area (Å²) >= 11 is 1.75. The number of benzene rings is 2. The second kappa shape index (κ2) is 10.7. The minimum atomic E-state index is -1.37. The molecule has 0 amide bonds. The Morgan fingerprint density at radius 1 is 1.06 bits per heavy atom. The Morgan fingerprint density at radius 2 is 1.82 bits per heavy atom. The predicted molar refractivity (Wildman–Crippen MR) is 139 cm³/mol. The number of thioether (sulfide) groups is 1. The third-order valence-electron chi connectivity index (χ3n) is 6.27. The summed E-state index contributed by atoms with van der Waals surface area (Å²) in [7, 11) is -1.37. The van der Waals surface area contributed by atoms with Gasteiger partial charge in [-0.3, -0.25) is 4.98 Å². The van der Waals surface area contributed by atoms with Gasteiger partial charge in [-0.05, 0) is 55.7 Å². The van der Waals surface area contributed by atoms with Gasteiger partial charge in [0.2, 0.25) is 0 Å². The molecule has 1 aliphatic rings. The minimum absolute atomic E-state index is 0.163. The number of nitrogens with zero attached hydrogens (tertiary/aromatic N) is 3. The highest BCUT2D eigenvalue weighted by Crippen LogP contribution is 2.35.